The summed E-state index contributed by atoms with van der Waals surface area (Å²) in [5, 5.41) is 13.6. The molecule has 1 unspecified atom stereocenters. The first kappa shape index (κ1) is 15.3. The minimum atomic E-state index is 0.543. The standard InChI is InChI=1S/C18H24N6/c1-3-7-23(8-4-2)14-9-13-11-19-16-5-6-17(15(10-14)18(13)16)24-21-12-20-22-24/h5-6,11-12,14,19H,3-4,7-10H2,1-2H3. The average molecular weight is 324 g/mol. The van der Waals surface area contributed by atoms with Gasteiger partial charge in [-0.25, -0.2) is 0 Å². The largest absolute Gasteiger partial charge is 0.361 e. The number of hydrogen-bond acceptors (Lipinski definition) is 4. The molecule has 2 aromatic heterocycles. The van der Waals surface area contributed by atoms with Crippen LogP contribution in [0.25, 0.3) is 16.6 Å². The van der Waals surface area contributed by atoms with Crippen molar-refractivity contribution in [3.63, 3.8) is 0 Å². The van der Waals surface area contributed by atoms with E-state index in [0.717, 1.165) is 31.6 Å². The van der Waals surface area contributed by atoms with Crippen molar-refractivity contribution >= 4 is 10.9 Å². The lowest BCUT2D eigenvalue weighted by molar-refractivity contribution is 0.191. The van der Waals surface area contributed by atoms with Gasteiger partial charge in [0.2, 0.25) is 0 Å². The lowest BCUT2D eigenvalue weighted by Crippen LogP contribution is -2.41. The number of H-pyrrole nitrogens is 1. The molecule has 0 fully saturated rings. The van der Waals surface area contributed by atoms with Gasteiger partial charge in [-0.2, -0.15) is 0 Å². The van der Waals surface area contributed by atoms with Crippen molar-refractivity contribution in [1.82, 2.24) is 30.1 Å². The molecule has 0 aliphatic heterocycles. The second-order valence-corrected chi connectivity index (χ2v) is 6.62. The third-order valence-corrected chi connectivity index (χ3v) is 5.01. The summed E-state index contributed by atoms with van der Waals surface area (Å²) >= 11 is 0. The fourth-order valence-electron chi connectivity index (χ4n) is 4.06. The van der Waals surface area contributed by atoms with E-state index < -0.39 is 0 Å². The zero-order chi connectivity index (χ0) is 16.5. The molecule has 0 amide bonds. The number of nitrogens with one attached hydrogen (secondary N) is 1. The normalized spacial score (nSPS) is 17.0. The van der Waals surface area contributed by atoms with Gasteiger partial charge >= 0.3 is 0 Å². The molecule has 4 rings (SSSR count). The molecule has 0 saturated heterocycles. The molecule has 6 heteroatoms. The zero-order valence-corrected chi connectivity index (χ0v) is 14.4. The number of tetrazole rings is 1. The maximum absolute atomic E-state index is 4.25. The van der Waals surface area contributed by atoms with Crippen LogP contribution in [0.1, 0.15) is 37.8 Å². The van der Waals surface area contributed by atoms with Crippen molar-refractivity contribution in [3.8, 4) is 5.69 Å². The maximum atomic E-state index is 4.25. The zero-order valence-electron chi connectivity index (χ0n) is 14.4. The van der Waals surface area contributed by atoms with Crippen LogP contribution in [0.15, 0.2) is 24.7 Å². The lowest BCUT2D eigenvalue weighted by Gasteiger charge is -2.34. The number of rotatable bonds is 6. The van der Waals surface area contributed by atoms with Gasteiger partial charge < -0.3 is 4.98 Å². The van der Waals surface area contributed by atoms with Crippen molar-refractivity contribution in [1.29, 1.82) is 0 Å². The maximum Gasteiger partial charge on any atom is 0.162 e. The summed E-state index contributed by atoms with van der Waals surface area (Å²) in [6.07, 6.45) is 8.21. The Labute approximate surface area is 141 Å². The molecule has 0 radical (unpaired) electrons. The Bertz CT molecular complexity index is 814. The van der Waals surface area contributed by atoms with Gasteiger partial charge in [-0.05, 0) is 67.2 Å². The Balaban J connectivity index is 1.78. The average Bonchev–Trinajstić information content (AvgIpc) is 3.26. The highest BCUT2D eigenvalue weighted by atomic mass is 15.6. The third-order valence-electron chi connectivity index (χ3n) is 5.01. The molecule has 2 heterocycles. The highest BCUT2D eigenvalue weighted by Gasteiger charge is 2.28. The minimum Gasteiger partial charge on any atom is -0.361 e. The van der Waals surface area contributed by atoms with E-state index in [9.17, 15) is 0 Å². The van der Waals surface area contributed by atoms with Crippen LogP contribution in [0.2, 0.25) is 0 Å². The van der Waals surface area contributed by atoms with E-state index in [1.165, 1.54) is 41.2 Å². The van der Waals surface area contributed by atoms with Gasteiger partial charge in [-0.1, -0.05) is 13.8 Å². The van der Waals surface area contributed by atoms with Crippen LogP contribution in [0, 0.1) is 0 Å². The molecular weight excluding hydrogens is 300 g/mol. The summed E-state index contributed by atoms with van der Waals surface area (Å²) in [4.78, 5) is 7.73. The van der Waals surface area contributed by atoms with Crippen molar-refractivity contribution < 1.29 is 0 Å². The Morgan fingerprint density at radius 1 is 1.21 bits per heavy atom. The first-order valence-corrected chi connectivity index (χ1v) is 8.91. The summed E-state index contributed by atoms with van der Waals surface area (Å²) in [7, 11) is 0. The molecule has 126 valence electrons. The van der Waals surface area contributed by atoms with Crippen LogP contribution in [0.5, 0.6) is 0 Å². The SMILES string of the molecule is CCCN(CCC)C1Cc2c[nH]c3ccc(-n4ncnn4)c(c23)C1. The van der Waals surface area contributed by atoms with Gasteiger partial charge in [-0.15, -0.1) is 15.0 Å². The molecule has 3 aromatic rings. The molecule has 6 nitrogen and oxygen atoms in total. The summed E-state index contributed by atoms with van der Waals surface area (Å²) < 4.78 is 0. The Kier molecular flexibility index (Phi) is 4.06. The fourth-order valence-corrected chi connectivity index (χ4v) is 4.06. The monoisotopic (exact) mass is 324 g/mol. The molecule has 1 aliphatic carbocycles. The van der Waals surface area contributed by atoms with Gasteiger partial charge in [0, 0.05) is 23.1 Å². The summed E-state index contributed by atoms with van der Waals surface area (Å²) in [5.41, 5.74) is 5.02. The number of hydrogen-bond donors (Lipinski definition) is 1. The summed E-state index contributed by atoms with van der Waals surface area (Å²) in [5.74, 6) is 0. The van der Waals surface area contributed by atoms with E-state index in [1.807, 2.05) is 0 Å². The minimum absolute atomic E-state index is 0.543. The van der Waals surface area contributed by atoms with Crippen molar-refractivity contribution in [2.75, 3.05) is 13.1 Å². The molecule has 0 saturated carbocycles. The number of aromatic amines is 1. The van der Waals surface area contributed by atoms with Gasteiger partial charge in [0.05, 0.1) is 5.69 Å². The van der Waals surface area contributed by atoms with E-state index in [0.29, 0.717) is 6.04 Å². The van der Waals surface area contributed by atoms with Crippen molar-refractivity contribution in [3.05, 3.63) is 35.8 Å². The van der Waals surface area contributed by atoms with E-state index in [1.54, 1.807) is 4.80 Å². The van der Waals surface area contributed by atoms with Crippen LogP contribution in [0.4, 0.5) is 0 Å². The van der Waals surface area contributed by atoms with E-state index in [4.69, 9.17) is 0 Å². The Hall–Kier alpha value is -2.21. The van der Waals surface area contributed by atoms with Gasteiger partial charge in [-0.3, -0.25) is 4.90 Å². The molecular formula is C18H24N6. The molecule has 1 aliphatic rings. The molecule has 24 heavy (non-hydrogen) atoms. The fraction of sp³-hybridized carbons (Fsp3) is 0.500. The first-order valence-electron chi connectivity index (χ1n) is 8.91. The molecule has 1 N–H and O–H groups in total. The Morgan fingerprint density at radius 3 is 2.75 bits per heavy atom. The van der Waals surface area contributed by atoms with Crippen molar-refractivity contribution in [2.45, 2.75) is 45.6 Å². The summed E-state index contributed by atoms with van der Waals surface area (Å²) in [6.45, 7) is 6.84. The van der Waals surface area contributed by atoms with Crippen LogP contribution < -0.4 is 0 Å². The number of benzene rings is 1. The van der Waals surface area contributed by atoms with Gasteiger partial charge in [0.1, 0.15) is 0 Å². The number of aromatic nitrogens is 5. The molecule has 0 bridgehead atoms. The highest BCUT2D eigenvalue weighted by Crippen LogP contribution is 2.34. The number of nitrogens with zero attached hydrogens (tertiary/aromatic N) is 5. The van der Waals surface area contributed by atoms with E-state index >= 15 is 0 Å². The molecule has 1 atom stereocenters. The smallest absolute Gasteiger partial charge is 0.162 e. The van der Waals surface area contributed by atoms with Crippen LogP contribution in [0.3, 0.4) is 0 Å². The van der Waals surface area contributed by atoms with E-state index in [2.05, 4.69) is 57.5 Å². The van der Waals surface area contributed by atoms with Crippen LogP contribution in [-0.4, -0.2) is 49.2 Å². The second kappa shape index (κ2) is 6.36. The molecule has 0 spiro atoms. The van der Waals surface area contributed by atoms with Gasteiger partial charge in [0.25, 0.3) is 0 Å². The molecule has 1 aromatic carbocycles. The third kappa shape index (κ3) is 2.51. The second-order valence-electron chi connectivity index (χ2n) is 6.62. The van der Waals surface area contributed by atoms with Crippen LogP contribution >= 0.6 is 0 Å². The van der Waals surface area contributed by atoms with Gasteiger partial charge in [0.15, 0.2) is 6.33 Å². The van der Waals surface area contributed by atoms with Crippen molar-refractivity contribution in [2.24, 2.45) is 0 Å². The van der Waals surface area contributed by atoms with Crippen LogP contribution in [-0.2, 0) is 12.8 Å². The summed E-state index contributed by atoms with van der Waals surface area (Å²) in [6, 6.07) is 4.77. The topological polar surface area (TPSA) is 62.6 Å². The predicted molar refractivity (Wildman–Crippen MR) is 94.4 cm³/mol. The predicted octanol–water partition coefficient (Wildman–Crippen LogP) is 2.73. The lowest BCUT2D eigenvalue weighted by atomic mass is 9.87. The van der Waals surface area contributed by atoms with E-state index in [-0.39, 0.29) is 0 Å². The highest BCUT2D eigenvalue weighted by molar-refractivity contribution is 5.90. The first-order chi connectivity index (χ1) is 11.8. The quantitative estimate of drug-likeness (QED) is 0.757. The Morgan fingerprint density at radius 2 is 2.04 bits per heavy atom.